The van der Waals surface area contributed by atoms with Crippen LogP contribution in [-0.4, -0.2) is 48.5 Å². The van der Waals surface area contributed by atoms with Crippen molar-refractivity contribution in [2.24, 2.45) is 10.2 Å². The smallest absolute Gasteiger partial charge is 0.272 e. The lowest BCUT2D eigenvalue weighted by Gasteiger charge is -2.24. The van der Waals surface area contributed by atoms with E-state index < -0.39 is 4.92 Å². The number of non-ortho nitro benzene ring substituents is 1. The highest BCUT2D eigenvalue weighted by Gasteiger charge is 2.17. The van der Waals surface area contributed by atoms with E-state index in [2.05, 4.69) is 10.2 Å². The Labute approximate surface area is 171 Å². The van der Waals surface area contributed by atoms with E-state index in [1.165, 1.54) is 7.11 Å². The van der Waals surface area contributed by atoms with Crippen molar-refractivity contribution in [1.29, 1.82) is 10.5 Å². The first-order valence-corrected chi connectivity index (χ1v) is 8.68. The quantitative estimate of drug-likeness (QED) is 0.361. The summed E-state index contributed by atoms with van der Waals surface area (Å²) < 4.78 is 5.36. The Balaban J connectivity index is 2.45. The molecule has 0 aliphatic carbocycles. The van der Waals surface area contributed by atoms with E-state index in [1.807, 2.05) is 0 Å². The second kappa shape index (κ2) is 10.5. The average molecular weight is 410 g/mol. The summed E-state index contributed by atoms with van der Waals surface area (Å²) in [6.45, 7) is 0.354. The zero-order valence-electron chi connectivity index (χ0n) is 16.0. The molecule has 0 unspecified atom stereocenters. The molecule has 154 valence electrons. The van der Waals surface area contributed by atoms with Crippen LogP contribution in [0.4, 0.5) is 22.7 Å². The number of nitro groups is 1. The van der Waals surface area contributed by atoms with E-state index in [0.29, 0.717) is 17.1 Å². The topological polar surface area (TPSA) is 168 Å². The van der Waals surface area contributed by atoms with Gasteiger partial charge in [0.1, 0.15) is 23.6 Å². The van der Waals surface area contributed by atoms with Crippen LogP contribution >= 0.6 is 0 Å². The molecule has 0 fully saturated rings. The first kappa shape index (κ1) is 22.2. The van der Waals surface area contributed by atoms with Crippen LogP contribution in [-0.2, 0) is 0 Å². The number of ether oxygens (including phenoxy) is 1. The van der Waals surface area contributed by atoms with Gasteiger partial charge in [-0.15, -0.1) is 5.11 Å². The Morgan fingerprint density at radius 2 is 1.70 bits per heavy atom. The van der Waals surface area contributed by atoms with Crippen LogP contribution < -0.4 is 9.64 Å². The summed E-state index contributed by atoms with van der Waals surface area (Å²) >= 11 is 0. The Morgan fingerprint density at radius 3 is 2.17 bits per heavy atom. The second-order valence-corrected chi connectivity index (χ2v) is 5.86. The molecule has 11 nitrogen and oxygen atoms in total. The zero-order chi connectivity index (χ0) is 22.1. The number of azo groups is 1. The minimum Gasteiger partial charge on any atom is -0.495 e. The lowest BCUT2D eigenvalue weighted by molar-refractivity contribution is -0.384. The van der Waals surface area contributed by atoms with Gasteiger partial charge in [0.2, 0.25) is 0 Å². The van der Waals surface area contributed by atoms with Crippen LogP contribution in [0.2, 0.25) is 0 Å². The number of aliphatic hydroxyl groups excluding tert-OH is 2. The molecule has 0 bridgehead atoms. The van der Waals surface area contributed by atoms with E-state index in [-0.39, 0.29) is 48.8 Å². The molecule has 0 aliphatic rings. The van der Waals surface area contributed by atoms with Gasteiger partial charge in [-0.1, -0.05) is 0 Å². The lowest BCUT2D eigenvalue weighted by Crippen LogP contribution is -2.29. The number of hydrogen-bond acceptors (Lipinski definition) is 10. The van der Waals surface area contributed by atoms with Crippen LogP contribution in [0.3, 0.4) is 0 Å². The van der Waals surface area contributed by atoms with Gasteiger partial charge < -0.3 is 19.8 Å². The van der Waals surface area contributed by atoms with Crippen molar-refractivity contribution in [2.45, 2.75) is 0 Å². The van der Waals surface area contributed by atoms with Crippen molar-refractivity contribution in [3.63, 3.8) is 0 Å². The highest BCUT2D eigenvalue weighted by Crippen LogP contribution is 2.34. The third-order valence-electron chi connectivity index (χ3n) is 4.06. The molecule has 0 heterocycles. The first-order chi connectivity index (χ1) is 14.5. The molecule has 2 N–H and O–H groups in total. The molecule has 30 heavy (non-hydrogen) atoms. The van der Waals surface area contributed by atoms with Crippen LogP contribution in [0.15, 0.2) is 40.6 Å². The van der Waals surface area contributed by atoms with Gasteiger partial charge in [0.05, 0.1) is 47.7 Å². The molecule has 2 aromatic carbocycles. The van der Waals surface area contributed by atoms with Gasteiger partial charge in [0, 0.05) is 31.3 Å². The summed E-state index contributed by atoms with van der Waals surface area (Å²) in [7, 11) is 1.45. The van der Waals surface area contributed by atoms with Gasteiger partial charge in [0.25, 0.3) is 5.69 Å². The zero-order valence-corrected chi connectivity index (χ0v) is 16.0. The van der Waals surface area contributed by atoms with E-state index in [4.69, 9.17) is 4.74 Å². The Hall–Kier alpha value is -4.06. The highest BCUT2D eigenvalue weighted by atomic mass is 16.6. The van der Waals surface area contributed by atoms with Crippen molar-refractivity contribution in [3.05, 3.63) is 51.6 Å². The van der Waals surface area contributed by atoms with Crippen LogP contribution in [0.1, 0.15) is 11.1 Å². The Morgan fingerprint density at radius 1 is 1.10 bits per heavy atom. The largest absolute Gasteiger partial charge is 0.495 e. The Kier molecular flexibility index (Phi) is 7.76. The average Bonchev–Trinajstić information content (AvgIpc) is 2.76. The summed E-state index contributed by atoms with van der Waals surface area (Å²) in [5, 5.41) is 55.9. The number of nitriles is 2. The summed E-state index contributed by atoms with van der Waals surface area (Å²) in [6.07, 6.45) is 0. The summed E-state index contributed by atoms with van der Waals surface area (Å²) in [4.78, 5) is 12.0. The number of anilines is 1. The summed E-state index contributed by atoms with van der Waals surface area (Å²) in [5.41, 5.74) is 0.215. The predicted octanol–water partition coefficient (Wildman–Crippen LogP) is 2.55. The van der Waals surface area contributed by atoms with E-state index in [1.54, 1.807) is 35.2 Å². The van der Waals surface area contributed by atoms with E-state index in [0.717, 1.165) is 12.1 Å². The summed E-state index contributed by atoms with van der Waals surface area (Å²) in [5.74, 6) is 0.415. The number of aliphatic hydroxyl groups is 2. The van der Waals surface area contributed by atoms with Crippen LogP contribution in [0.25, 0.3) is 0 Å². The van der Waals surface area contributed by atoms with Crippen molar-refractivity contribution in [3.8, 4) is 17.9 Å². The molecule has 11 heteroatoms. The lowest BCUT2D eigenvalue weighted by atomic mass is 10.1. The van der Waals surface area contributed by atoms with Gasteiger partial charge in [-0.05, 0) is 12.1 Å². The van der Waals surface area contributed by atoms with Crippen LogP contribution in [0.5, 0.6) is 5.75 Å². The van der Waals surface area contributed by atoms with Gasteiger partial charge in [-0.3, -0.25) is 10.1 Å². The molecule has 0 saturated heterocycles. The maximum absolute atomic E-state index is 11.0. The minimum atomic E-state index is -0.698. The molecule has 0 radical (unpaired) electrons. The van der Waals surface area contributed by atoms with Gasteiger partial charge >= 0.3 is 0 Å². The number of hydrogen-bond donors (Lipinski definition) is 2. The molecule has 0 aromatic heterocycles. The normalized spacial score (nSPS) is 10.4. The molecule has 0 spiro atoms. The number of rotatable bonds is 9. The molecule has 0 amide bonds. The molecule has 0 aliphatic heterocycles. The van der Waals surface area contributed by atoms with Crippen LogP contribution in [0, 0.1) is 32.8 Å². The number of benzene rings is 2. The van der Waals surface area contributed by atoms with Crippen molar-refractivity contribution in [1.82, 2.24) is 0 Å². The predicted molar refractivity (Wildman–Crippen MR) is 106 cm³/mol. The molecule has 0 atom stereocenters. The Bertz CT molecular complexity index is 1000. The fourth-order valence-corrected chi connectivity index (χ4v) is 2.69. The molecular formula is C19H18N6O5. The second-order valence-electron chi connectivity index (χ2n) is 5.86. The number of methoxy groups -OCH3 is 1. The highest BCUT2D eigenvalue weighted by molar-refractivity contribution is 5.68. The third-order valence-corrected chi connectivity index (χ3v) is 4.06. The maximum atomic E-state index is 11.0. The number of nitro benzene ring substituents is 1. The minimum absolute atomic E-state index is 0.0733. The first-order valence-electron chi connectivity index (χ1n) is 8.68. The number of nitrogens with zero attached hydrogens (tertiary/aromatic N) is 6. The maximum Gasteiger partial charge on any atom is 0.272 e. The van der Waals surface area contributed by atoms with Gasteiger partial charge in [0.15, 0.2) is 0 Å². The van der Waals surface area contributed by atoms with Gasteiger partial charge in [-0.2, -0.15) is 15.6 Å². The van der Waals surface area contributed by atoms with Crippen molar-refractivity contribution < 1.29 is 19.9 Å². The van der Waals surface area contributed by atoms with Gasteiger partial charge in [-0.25, -0.2) is 0 Å². The monoisotopic (exact) mass is 410 g/mol. The summed E-state index contributed by atoms with van der Waals surface area (Å²) in [6, 6.07) is 10.5. The SMILES string of the molecule is COc1cc(N=Nc2c(C#N)cc([N+](=O)[O-])cc2C#N)ccc1N(CCO)CCO. The van der Waals surface area contributed by atoms with Crippen molar-refractivity contribution >= 4 is 22.7 Å². The van der Waals surface area contributed by atoms with E-state index >= 15 is 0 Å². The molecular weight excluding hydrogens is 392 g/mol. The molecule has 2 rings (SSSR count). The fraction of sp³-hybridized carbons (Fsp3) is 0.263. The van der Waals surface area contributed by atoms with Crippen molar-refractivity contribution in [2.75, 3.05) is 38.3 Å². The molecule has 2 aromatic rings. The van der Waals surface area contributed by atoms with E-state index in [9.17, 15) is 30.9 Å². The molecule has 0 saturated carbocycles. The standard InChI is InChI=1S/C19H18N6O5/c1-30-18-10-15(2-3-17(18)24(4-6-26)5-7-27)22-23-19-13(11-20)8-16(25(28)29)9-14(19)12-21/h2-3,8-10,26-27H,4-7H2,1H3. The third kappa shape index (κ3) is 5.05. The fourth-order valence-electron chi connectivity index (χ4n) is 2.69.